The van der Waals surface area contributed by atoms with Crippen molar-refractivity contribution in [3.05, 3.63) is 84.2 Å². The molecule has 0 spiro atoms. The van der Waals surface area contributed by atoms with Crippen LogP contribution in [0.5, 0.6) is 5.75 Å². The number of carbonyl (C=O) groups excluding carboxylic acids is 2. The van der Waals surface area contributed by atoms with Gasteiger partial charge in [-0.25, -0.2) is 19.2 Å². The van der Waals surface area contributed by atoms with E-state index in [1.54, 1.807) is 51.2 Å². The van der Waals surface area contributed by atoms with E-state index in [1.807, 2.05) is 11.0 Å². The van der Waals surface area contributed by atoms with Gasteiger partial charge in [-0.2, -0.15) is 5.26 Å². The zero-order valence-electron chi connectivity index (χ0n) is 26.4. The number of piperazine rings is 1. The number of aromatic nitrogens is 3. The number of nitrogens with one attached hydrogen (secondary N) is 1. The molecule has 0 saturated carbocycles. The van der Waals surface area contributed by atoms with Crippen molar-refractivity contribution in [2.24, 2.45) is 0 Å². The van der Waals surface area contributed by atoms with Crippen LogP contribution in [0.1, 0.15) is 36.8 Å². The third kappa shape index (κ3) is 7.29. The normalized spacial score (nSPS) is 14.7. The Bertz CT molecular complexity index is 1840. The zero-order chi connectivity index (χ0) is 33.7. The van der Waals surface area contributed by atoms with E-state index in [4.69, 9.17) is 9.47 Å². The Balaban J connectivity index is 1.50. The summed E-state index contributed by atoms with van der Waals surface area (Å²) in [5.74, 6) is -0.983. The molecule has 1 aliphatic rings. The third-order valence-corrected chi connectivity index (χ3v) is 7.47. The molecule has 2 aromatic carbocycles. The molecule has 0 bridgehead atoms. The van der Waals surface area contributed by atoms with Gasteiger partial charge in [0.25, 0.3) is 5.91 Å². The van der Waals surface area contributed by atoms with Crippen molar-refractivity contribution in [1.82, 2.24) is 19.9 Å². The summed E-state index contributed by atoms with van der Waals surface area (Å²) in [5.41, 5.74) is 1.98. The molecule has 13 heteroatoms. The molecule has 47 heavy (non-hydrogen) atoms. The number of nitrogens with zero attached hydrogens (tertiary/aromatic N) is 6. The maximum absolute atomic E-state index is 14.8. The van der Waals surface area contributed by atoms with Crippen LogP contribution in [0.4, 0.5) is 20.6 Å². The summed E-state index contributed by atoms with van der Waals surface area (Å²) in [4.78, 5) is 42.7. The molecule has 1 aliphatic heterocycles. The van der Waals surface area contributed by atoms with Crippen molar-refractivity contribution in [3.8, 4) is 34.3 Å². The van der Waals surface area contributed by atoms with E-state index in [-0.39, 0.29) is 42.5 Å². The molecule has 1 atom stereocenters. The van der Waals surface area contributed by atoms with Crippen molar-refractivity contribution in [1.29, 1.82) is 5.26 Å². The van der Waals surface area contributed by atoms with Crippen LogP contribution in [0.15, 0.2) is 67.1 Å². The smallest absolute Gasteiger partial charge is 0.410 e. The van der Waals surface area contributed by atoms with Gasteiger partial charge in [-0.15, -0.1) is 0 Å². The number of ether oxygens (including phenoxy) is 2. The minimum atomic E-state index is -0.708. The minimum Gasteiger partial charge on any atom is -0.496 e. The minimum absolute atomic E-state index is 0.0164. The lowest BCUT2D eigenvalue weighted by Gasteiger charge is -2.42. The van der Waals surface area contributed by atoms with Crippen molar-refractivity contribution >= 4 is 23.4 Å². The number of aliphatic hydroxyl groups excluding tert-OH is 1. The Labute approximate surface area is 271 Å². The van der Waals surface area contributed by atoms with E-state index in [9.17, 15) is 24.3 Å². The largest absolute Gasteiger partial charge is 0.496 e. The SMILES string of the molecule is COc1cccc(F)c1-c1nccc(C(=O)Nc2ccc(-c3cnccc3C#N)cc2N2CCN(C(=O)OC(C)(C)C)[C@@H](CO)C2)n1. The van der Waals surface area contributed by atoms with E-state index in [2.05, 4.69) is 26.3 Å². The first kappa shape index (κ1) is 32.8. The number of rotatable bonds is 7. The van der Waals surface area contributed by atoms with Crippen molar-refractivity contribution in [3.63, 3.8) is 0 Å². The van der Waals surface area contributed by atoms with Gasteiger partial charge in [-0.1, -0.05) is 12.1 Å². The van der Waals surface area contributed by atoms with E-state index in [1.165, 1.54) is 42.6 Å². The molecule has 0 unspecified atom stereocenters. The average molecular weight is 640 g/mol. The first-order chi connectivity index (χ1) is 22.5. The highest BCUT2D eigenvalue weighted by atomic mass is 19.1. The summed E-state index contributed by atoms with van der Waals surface area (Å²) < 4.78 is 25.6. The standard InChI is InChI=1S/C34H34FN7O5/c1-34(2,3)47-33(45)42-15-14-41(19-23(42)20-43)28-16-21(24-18-37-12-10-22(24)17-36)8-9-26(28)40-32(44)27-11-13-38-31(39-27)30-25(35)6-5-7-29(30)46-4/h5-13,16,18,23,43H,14-15,19-20H2,1-4H3,(H,40,44)/t23-/m1/s1. The quantitative estimate of drug-likeness (QED) is 0.286. The van der Waals surface area contributed by atoms with E-state index in [0.717, 1.165) is 0 Å². The van der Waals surface area contributed by atoms with Crippen LogP contribution in [0.2, 0.25) is 0 Å². The molecule has 3 heterocycles. The second-order valence-electron chi connectivity index (χ2n) is 11.8. The van der Waals surface area contributed by atoms with Gasteiger partial charge in [0, 0.05) is 43.8 Å². The topological polar surface area (TPSA) is 154 Å². The van der Waals surface area contributed by atoms with Crippen molar-refractivity contribution in [2.75, 3.05) is 43.6 Å². The summed E-state index contributed by atoms with van der Waals surface area (Å²) in [6.45, 7) is 5.83. The van der Waals surface area contributed by atoms with Crippen LogP contribution < -0.4 is 15.0 Å². The van der Waals surface area contributed by atoms with Crippen LogP contribution in [0.3, 0.4) is 0 Å². The summed E-state index contributed by atoms with van der Waals surface area (Å²) in [6, 6.07) is 14.2. The number of amides is 2. The van der Waals surface area contributed by atoms with Gasteiger partial charge in [-0.3, -0.25) is 14.7 Å². The first-order valence-electron chi connectivity index (χ1n) is 14.8. The summed E-state index contributed by atoms with van der Waals surface area (Å²) in [5, 5.41) is 22.9. The summed E-state index contributed by atoms with van der Waals surface area (Å²) in [7, 11) is 1.40. The molecule has 2 amide bonds. The number of benzene rings is 2. The van der Waals surface area contributed by atoms with E-state index >= 15 is 0 Å². The summed E-state index contributed by atoms with van der Waals surface area (Å²) in [6.07, 6.45) is 3.96. The maximum atomic E-state index is 14.8. The Morgan fingerprint density at radius 1 is 1.15 bits per heavy atom. The summed E-state index contributed by atoms with van der Waals surface area (Å²) >= 11 is 0. The van der Waals surface area contributed by atoms with Gasteiger partial charge in [-0.05, 0) is 62.7 Å². The van der Waals surface area contributed by atoms with E-state index < -0.39 is 29.5 Å². The number of halogens is 1. The van der Waals surface area contributed by atoms with Gasteiger partial charge in [0.05, 0.1) is 48.3 Å². The number of nitriles is 1. The monoisotopic (exact) mass is 639 g/mol. The number of aliphatic hydroxyl groups is 1. The number of methoxy groups -OCH3 is 1. The lowest BCUT2D eigenvalue weighted by atomic mass is 10.0. The Morgan fingerprint density at radius 3 is 2.68 bits per heavy atom. The van der Waals surface area contributed by atoms with Gasteiger partial charge < -0.3 is 24.8 Å². The predicted octanol–water partition coefficient (Wildman–Crippen LogP) is 4.90. The molecular weight excluding hydrogens is 605 g/mol. The first-order valence-corrected chi connectivity index (χ1v) is 14.8. The molecule has 5 rings (SSSR count). The Morgan fingerprint density at radius 2 is 1.96 bits per heavy atom. The highest BCUT2D eigenvalue weighted by molar-refractivity contribution is 6.05. The molecule has 2 N–H and O–H groups in total. The van der Waals surface area contributed by atoms with Gasteiger partial charge in [0.15, 0.2) is 5.82 Å². The van der Waals surface area contributed by atoms with Gasteiger partial charge in [0.1, 0.15) is 22.9 Å². The molecule has 1 saturated heterocycles. The van der Waals surface area contributed by atoms with Crippen LogP contribution in [-0.2, 0) is 4.74 Å². The predicted molar refractivity (Wildman–Crippen MR) is 172 cm³/mol. The van der Waals surface area contributed by atoms with Crippen LogP contribution in [-0.4, -0.2) is 82.0 Å². The van der Waals surface area contributed by atoms with Gasteiger partial charge in [0.2, 0.25) is 0 Å². The molecule has 2 aromatic heterocycles. The highest BCUT2D eigenvalue weighted by Gasteiger charge is 2.34. The van der Waals surface area contributed by atoms with Crippen LogP contribution >= 0.6 is 0 Å². The van der Waals surface area contributed by atoms with Crippen LogP contribution in [0.25, 0.3) is 22.5 Å². The average Bonchev–Trinajstić information content (AvgIpc) is 3.07. The number of carbonyl (C=O) groups is 2. The lowest BCUT2D eigenvalue weighted by molar-refractivity contribution is 0.00705. The molecule has 0 radical (unpaired) electrons. The van der Waals surface area contributed by atoms with E-state index in [0.29, 0.717) is 34.6 Å². The zero-order valence-corrected chi connectivity index (χ0v) is 26.4. The molecule has 1 fully saturated rings. The molecule has 12 nitrogen and oxygen atoms in total. The molecule has 242 valence electrons. The number of hydrogen-bond acceptors (Lipinski definition) is 10. The highest BCUT2D eigenvalue weighted by Crippen LogP contribution is 2.35. The number of anilines is 2. The van der Waals surface area contributed by atoms with Crippen LogP contribution in [0, 0.1) is 17.1 Å². The lowest BCUT2D eigenvalue weighted by Crippen LogP contribution is -2.57. The molecule has 0 aliphatic carbocycles. The van der Waals surface area contributed by atoms with Gasteiger partial charge >= 0.3 is 6.09 Å². The Hall–Kier alpha value is -5.61. The fourth-order valence-corrected chi connectivity index (χ4v) is 5.26. The maximum Gasteiger partial charge on any atom is 0.410 e. The third-order valence-electron chi connectivity index (χ3n) is 7.47. The van der Waals surface area contributed by atoms with Crippen molar-refractivity contribution < 1.29 is 28.6 Å². The molecule has 4 aromatic rings. The fraction of sp³-hybridized carbons (Fsp3) is 0.294. The second-order valence-corrected chi connectivity index (χ2v) is 11.8. The Kier molecular flexibility index (Phi) is 9.62. The number of hydrogen-bond donors (Lipinski definition) is 2. The molecular formula is C34H34FN7O5. The fourth-order valence-electron chi connectivity index (χ4n) is 5.26. The van der Waals surface area contributed by atoms with Crippen molar-refractivity contribution in [2.45, 2.75) is 32.4 Å². The number of pyridine rings is 1. The second kappa shape index (κ2) is 13.8.